The van der Waals surface area contributed by atoms with Crippen molar-refractivity contribution in [1.82, 2.24) is 4.98 Å². The number of anilines is 2. The van der Waals surface area contributed by atoms with Crippen LogP contribution in [0.5, 0.6) is 0 Å². The molecular weight excluding hydrogens is 332 g/mol. The average Bonchev–Trinajstić information content (AvgIpc) is 2.92. The van der Waals surface area contributed by atoms with Gasteiger partial charge in [-0.2, -0.15) is 0 Å². The summed E-state index contributed by atoms with van der Waals surface area (Å²) in [6, 6.07) is 16.8. The molecule has 3 rings (SSSR count). The van der Waals surface area contributed by atoms with Gasteiger partial charge in [0.15, 0.2) is 5.13 Å². The number of aliphatic carboxylic acids is 1. The van der Waals surface area contributed by atoms with Gasteiger partial charge in [0.2, 0.25) is 0 Å². The van der Waals surface area contributed by atoms with Gasteiger partial charge < -0.3 is 10.4 Å². The van der Waals surface area contributed by atoms with Crippen LogP contribution in [0.3, 0.4) is 0 Å². The van der Waals surface area contributed by atoms with E-state index >= 15 is 0 Å². The third-order valence-electron chi connectivity index (χ3n) is 3.15. The van der Waals surface area contributed by atoms with E-state index in [0.717, 1.165) is 16.1 Å². The molecule has 0 atom stereocenters. The van der Waals surface area contributed by atoms with Crippen LogP contribution in [-0.4, -0.2) is 16.1 Å². The van der Waals surface area contributed by atoms with Gasteiger partial charge in [-0.05, 0) is 24.3 Å². The van der Waals surface area contributed by atoms with E-state index in [-0.39, 0.29) is 6.42 Å². The van der Waals surface area contributed by atoms with Crippen molar-refractivity contribution < 1.29 is 9.90 Å². The number of nitrogens with zero attached hydrogens (tertiary/aromatic N) is 1. The molecule has 0 radical (unpaired) electrons. The topological polar surface area (TPSA) is 62.2 Å². The van der Waals surface area contributed by atoms with Gasteiger partial charge in [0.25, 0.3) is 0 Å². The van der Waals surface area contributed by atoms with E-state index in [2.05, 4.69) is 10.3 Å². The van der Waals surface area contributed by atoms with Crippen LogP contribution in [-0.2, 0) is 11.2 Å². The third kappa shape index (κ3) is 3.88. The van der Waals surface area contributed by atoms with Crippen LogP contribution in [0.15, 0.2) is 54.6 Å². The molecule has 0 aliphatic rings. The standard InChI is InChI=1S/C17H13ClN2O2S/c18-12-6-8-13(9-7-12)19-17-20-16(11-4-2-1-3-5-11)14(23-17)10-15(21)22/h1-9H,10H2,(H,19,20)(H,21,22). The Hall–Kier alpha value is -2.37. The number of carboxylic acid groups (broad SMARTS) is 1. The molecule has 4 nitrogen and oxygen atoms in total. The molecule has 0 bridgehead atoms. The zero-order valence-corrected chi connectivity index (χ0v) is 13.6. The summed E-state index contributed by atoms with van der Waals surface area (Å²) in [5, 5.41) is 13.6. The molecule has 0 aliphatic heterocycles. The lowest BCUT2D eigenvalue weighted by atomic mass is 10.1. The van der Waals surface area contributed by atoms with Crippen LogP contribution in [0, 0.1) is 0 Å². The highest BCUT2D eigenvalue weighted by atomic mass is 35.5. The number of carboxylic acids is 1. The van der Waals surface area contributed by atoms with E-state index in [1.165, 1.54) is 11.3 Å². The van der Waals surface area contributed by atoms with Gasteiger partial charge in [0.1, 0.15) is 0 Å². The fourth-order valence-electron chi connectivity index (χ4n) is 2.14. The van der Waals surface area contributed by atoms with E-state index in [0.29, 0.717) is 15.8 Å². The number of hydrogen-bond donors (Lipinski definition) is 2. The molecule has 0 saturated heterocycles. The molecule has 3 aromatic rings. The van der Waals surface area contributed by atoms with Gasteiger partial charge in [0, 0.05) is 21.2 Å². The first-order chi connectivity index (χ1) is 11.1. The second-order valence-corrected chi connectivity index (χ2v) is 6.38. The maximum Gasteiger partial charge on any atom is 0.308 e. The summed E-state index contributed by atoms with van der Waals surface area (Å²) in [5.74, 6) is -0.871. The molecule has 2 aromatic carbocycles. The SMILES string of the molecule is O=C(O)Cc1sc(Nc2ccc(Cl)cc2)nc1-c1ccccc1. The minimum Gasteiger partial charge on any atom is -0.481 e. The molecular formula is C17H13ClN2O2S. The lowest BCUT2D eigenvalue weighted by molar-refractivity contribution is -0.136. The summed E-state index contributed by atoms with van der Waals surface area (Å²) in [4.78, 5) is 16.4. The highest BCUT2D eigenvalue weighted by Crippen LogP contribution is 2.33. The van der Waals surface area contributed by atoms with Crippen molar-refractivity contribution >= 4 is 39.7 Å². The molecule has 116 valence electrons. The first-order valence-corrected chi connectivity index (χ1v) is 8.11. The Balaban J connectivity index is 1.94. The highest BCUT2D eigenvalue weighted by molar-refractivity contribution is 7.16. The van der Waals surface area contributed by atoms with Crippen LogP contribution >= 0.6 is 22.9 Å². The summed E-state index contributed by atoms with van der Waals surface area (Å²) in [6.45, 7) is 0. The molecule has 0 unspecified atom stereocenters. The van der Waals surface area contributed by atoms with E-state index in [1.807, 2.05) is 42.5 Å². The van der Waals surface area contributed by atoms with Gasteiger partial charge in [-0.3, -0.25) is 4.79 Å². The van der Waals surface area contributed by atoms with E-state index in [9.17, 15) is 4.79 Å². The summed E-state index contributed by atoms with van der Waals surface area (Å²) < 4.78 is 0. The van der Waals surface area contributed by atoms with Gasteiger partial charge in [-0.25, -0.2) is 4.98 Å². The molecule has 23 heavy (non-hydrogen) atoms. The molecule has 0 saturated carbocycles. The third-order valence-corrected chi connectivity index (χ3v) is 4.37. The number of benzene rings is 2. The van der Waals surface area contributed by atoms with Gasteiger partial charge in [0.05, 0.1) is 12.1 Å². The molecule has 0 aliphatic carbocycles. The van der Waals surface area contributed by atoms with Gasteiger partial charge in [-0.15, -0.1) is 11.3 Å². The maximum absolute atomic E-state index is 11.1. The van der Waals surface area contributed by atoms with Crippen molar-refractivity contribution in [2.45, 2.75) is 6.42 Å². The summed E-state index contributed by atoms with van der Waals surface area (Å²) in [6.07, 6.45) is -0.0514. The van der Waals surface area contributed by atoms with Crippen molar-refractivity contribution in [3.05, 3.63) is 64.5 Å². The fraction of sp³-hybridized carbons (Fsp3) is 0.0588. The lowest BCUT2D eigenvalue weighted by Gasteiger charge is -2.01. The first-order valence-electron chi connectivity index (χ1n) is 6.91. The van der Waals surface area contributed by atoms with Gasteiger partial charge in [-0.1, -0.05) is 41.9 Å². The van der Waals surface area contributed by atoms with Crippen LogP contribution in [0.25, 0.3) is 11.3 Å². The molecule has 1 aromatic heterocycles. The fourth-order valence-corrected chi connectivity index (χ4v) is 3.26. The van der Waals surface area contributed by atoms with Crippen LogP contribution < -0.4 is 5.32 Å². The van der Waals surface area contributed by atoms with Crippen LogP contribution in [0.1, 0.15) is 4.88 Å². The molecule has 1 heterocycles. The number of rotatable bonds is 5. The number of hydrogen-bond acceptors (Lipinski definition) is 4. The number of thiazole rings is 1. The molecule has 6 heteroatoms. The van der Waals surface area contributed by atoms with Crippen LogP contribution in [0.4, 0.5) is 10.8 Å². The lowest BCUT2D eigenvalue weighted by Crippen LogP contribution is -1.99. The summed E-state index contributed by atoms with van der Waals surface area (Å²) >= 11 is 7.22. The number of halogens is 1. The van der Waals surface area contributed by atoms with E-state index < -0.39 is 5.97 Å². The second-order valence-electron chi connectivity index (χ2n) is 4.86. The summed E-state index contributed by atoms with van der Waals surface area (Å²) in [5.41, 5.74) is 2.46. The second kappa shape index (κ2) is 6.81. The average molecular weight is 345 g/mol. The number of carbonyl (C=O) groups is 1. The van der Waals surface area contributed by atoms with Crippen molar-refractivity contribution in [2.75, 3.05) is 5.32 Å². The summed E-state index contributed by atoms with van der Waals surface area (Å²) in [7, 11) is 0. The monoisotopic (exact) mass is 344 g/mol. The molecule has 2 N–H and O–H groups in total. The number of nitrogens with one attached hydrogen (secondary N) is 1. The predicted molar refractivity (Wildman–Crippen MR) is 93.6 cm³/mol. The Morgan fingerprint density at radius 2 is 1.83 bits per heavy atom. The smallest absolute Gasteiger partial charge is 0.308 e. The first kappa shape index (κ1) is 15.5. The Labute approximate surface area is 142 Å². The maximum atomic E-state index is 11.1. The molecule has 0 fully saturated rings. The van der Waals surface area contributed by atoms with E-state index in [1.54, 1.807) is 12.1 Å². The molecule has 0 amide bonds. The Morgan fingerprint density at radius 1 is 1.13 bits per heavy atom. The predicted octanol–water partition coefficient (Wildman–Crippen LogP) is 4.83. The Kier molecular flexibility index (Phi) is 4.60. The zero-order valence-electron chi connectivity index (χ0n) is 12.0. The highest BCUT2D eigenvalue weighted by Gasteiger charge is 2.15. The van der Waals surface area contributed by atoms with Crippen molar-refractivity contribution in [1.29, 1.82) is 0 Å². The number of aromatic nitrogens is 1. The normalized spacial score (nSPS) is 10.5. The Morgan fingerprint density at radius 3 is 2.48 bits per heavy atom. The van der Waals surface area contributed by atoms with Crippen LogP contribution in [0.2, 0.25) is 5.02 Å². The van der Waals surface area contributed by atoms with Crippen molar-refractivity contribution in [3.8, 4) is 11.3 Å². The van der Waals surface area contributed by atoms with Crippen molar-refractivity contribution in [2.24, 2.45) is 0 Å². The zero-order chi connectivity index (χ0) is 16.2. The van der Waals surface area contributed by atoms with E-state index in [4.69, 9.17) is 16.7 Å². The molecule has 0 spiro atoms. The van der Waals surface area contributed by atoms with Crippen molar-refractivity contribution in [3.63, 3.8) is 0 Å². The van der Waals surface area contributed by atoms with Gasteiger partial charge >= 0.3 is 5.97 Å². The minimum absolute atomic E-state index is 0.0514. The Bertz CT molecular complexity index is 816. The largest absolute Gasteiger partial charge is 0.481 e. The quantitative estimate of drug-likeness (QED) is 0.695. The minimum atomic E-state index is -0.871.